The zero-order chi connectivity index (χ0) is 9.97. The number of hydrogen-bond acceptors (Lipinski definition) is 2. The Morgan fingerprint density at radius 1 is 1.57 bits per heavy atom. The third kappa shape index (κ3) is 2.01. The maximum Gasteiger partial charge on any atom is 0.261 e. The van der Waals surface area contributed by atoms with Crippen molar-refractivity contribution in [3.8, 4) is 0 Å². The van der Waals surface area contributed by atoms with Crippen LogP contribution in [0.3, 0.4) is 0 Å². The van der Waals surface area contributed by atoms with Crippen molar-refractivity contribution in [3.05, 3.63) is 21.4 Å². The molecule has 0 atom stereocenters. The summed E-state index contributed by atoms with van der Waals surface area (Å²) in [4.78, 5) is 13.9. The van der Waals surface area contributed by atoms with Crippen molar-refractivity contribution in [2.45, 2.75) is 19.3 Å². The number of rotatable bonds is 3. The average molecular weight is 274 g/mol. The molecule has 0 saturated carbocycles. The summed E-state index contributed by atoms with van der Waals surface area (Å²) < 4.78 is 0. The van der Waals surface area contributed by atoms with E-state index in [0.29, 0.717) is 6.54 Å². The number of fused-ring (bicyclic) bond motifs is 1. The van der Waals surface area contributed by atoms with E-state index in [-0.39, 0.29) is 5.91 Å². The van der Waals surface area contributed by atoms with Crippen molar-refractivity contribution in [1.29, 1.82) is 0 Å². The summed E-state index contributed by atoms with van der Waals surface area (Å²) in [7, 11) is 0. The summed E-state index contributed by atoms with van der Waals surface area (Å²) in [6.45, 7) is 0.696. The first-order chi connectivity index (χ1) is 6.81. The van der Waals surface area contributed by atoms with E-state index in [2.05, 4.69) is 27.3 Å². The first-order valence-corrected chi connectivity index (χ1v) is 6.71. The Morgan fingerprint density at radius 2 is 2.43 bits per heavy atom. The van der Waals surface area contributed by atoms with Crippen LogP contribution in [0.25, 0.3) is 0 Å². The number of aryl methyl sites for hydroxylation is 2. The van der Waals surface area contributed by atoms with Gasteiger partial charge in [-0.25, -0.2) is 0 Å². The summed E-state index contributed by atoms with van der Waals surface area (Å²) in [6.07, 6.45) is 3.56. The fourth-order valence-corrected chi connectivity index (χ4v) is 3.06. The van der Waals surface area contributed by atoms with Crippen molar-refractivity contribution in [3.63, 3.8) is 0 Å². The van der Waals surface area contributed by atoms with Gasteiger partial charge in [-0.1, -0.05) is 15.9 Å². The Balaban J connectivity index is 2.06. The number of amides is 1. The van der Waals surface area contributed by atoms with E-state index in [9.17, 15) is 4.79 Å². The molecule has 4 heteroatoms. The molecule has 14 heavy (non-hydrogen) atoms. The fourth-order valence-electron chi connectivity index (χ4n) is 1.69. The van der Waals surface area contributed by atoms with Gasteiger partial charge in [-0.15, -0.1) is 11.3 Å². The second-order valence-corrected chi connectivity index (χ2v) is 5.29. The predicted molar refractivity (Wildman–Crippen MR) is 62.5 cm³/mol. The first kappa shape index (κ1) is 10.2. The predicted octanol–water partition coefficient (Wildman–Crippen LogP) is 2.36. The Morgan fingerprint density at radius 3 is 3.14 bits per heavy atom. The number of nitrogens with one attached hydrogen (secondary N) is 1. The molecule has 1 N–H and O–H groups in total. The lowest BCUT2D eigenvalue weighted by Gasteiger charge is -1.99. The summed E-state index contributed by atoms with van der Waals surface area (Å²) >= 11 is 4.94. The monoisotopic (exact) mass is 273 g/mol. The van der Waals surface area contributed by atoms with E-state index in [0.717, 1.165) is 23.0 Å². The molecule has 0 radical (unpaired) electrons. The van der Waals surface area contributed by atoms with Crippen molar-refractivity contribution < 1.29 is 4.79 Å². The quantitative estimate of drug-likeness (QED) is 0.842. The van der Waals surface area contributed by atoms with Gasteiger partial charge in [0.2, 0.25) is 0 Å². The topological polar surface area (TPSA) is 29.1 Å². The van der Waals surface area contributed by atoms with E-state index in [1.54, 1.807) is 11.3 Å². The lowest BCUT2D eigenvalue weighted by molar-refractivity contribution is 0.0960. The largest absolute Gasteiger partial charge is 0.351 e. The highest BCUT2D eigenvalue weighted by molar-refractivity contribution is 9.09. The third-order valence-electron chi connectivity index (χ3n) is 2.35. The molecular formula is C10H12BrNOS. The van der Waals surface area contributed by atoms with Gasteiger partial charge in [-0.2, -0.15) is 0 Å². The van der Waals surface area contributed by atoms with Crippen LogP contribution in [0.2, 0.25) is 0 Å². The van der Waals surface area contributed by atoms with Crippen LogP contribution in [-0.4, -0.2) is 17.8 Å². The molecule has 0 fully saturated rings. The molecule has 1 amide bonds. The van der Waals surface area contributed by atoms with Gasteiger partial charge < -0.3 is 5.32 Å². The Kier molecular flexibility index (Phi) is 3.23. The first-order valence-electron chi connectivity index (χ1n) is 4.77. The Hall–Kier alpha value is -0.350. The normalized spacial score (nSPS) is 14.1. The molecule has 2 nitrogen and oxygen atoms in total. The molecule has 0 bridgehead atoms. The molecule has 0 aromatic carbocycles. The minimum atomic E-state index is 0.0730. The summed E-state index contributed by atoms with van der Waals surface area (Å²) in [6, 6.07) is 2.05. The molecule has 2 rings (SSSR count). The molecule has 1 aromatic heterocycles. The maximum absolute atomic E-state index is 11.6. The average Bonchev–Trinajstić information content (AvgIpc) is 2.72. The van der Waals surface area contributed by atoms with Gasteiger partial charge in [0, 0.05) is 16.8 Å². The molecule has 0 spiro atoms. The molecule has 76 valence electrons. The van der Waals surface area contributed by atoms with E-state index in [1.165, 1.54) is 16.9 Å². The SMILES string of the molecule is O=C(NCCBr)c1cc2c(s1)CCC2. The second-order valence-electron chi connectivity index (χ2n) is 3.36. The van der Waals surface area contributed by atoms with E-state index >= 15 is 0 Å². The van der Waals surface area contributed by atoms with Gasteiger partial charge in [0.25, 0.3) is 5.91 Å². The zero-order valence-electron chi connectivity index (χ0n) is 7.81. The van der Waals surface area contributed by atoms with Crippen LogP contribution in [0.5, 0.6) is 0 Å². The van der Waals surface area contributed by atoms with Gasteiger partial charge in [-0.3, -0.25) is 4.79 Å². The summed E-state index contributed by atoms with van der Waals surface area (Å²) in [5.74, 6) is 0.0730. The van der Waals surface area contributed by atoms with Crippen molar-refractivity contribution in [2.24, 2.45) is 0 Å². The number of carbonyl (C=O) groups is 1. The van der Waals surface area contributed by atoms with E-state index in [1.807, 2.05) is 0 Å². The van der Waals surface area contributed by atoms with Gasteiger partial charge in [0.15, 0.2) is 0 Å². The Bertz CT molecular complexity index is 326. The zero-order valence-corrected chi connectivity index (χ0v) is 10.2. The highest BCUT2D eigenvalue weighted by Crippen LogP contribution is 2.30. The molecule has 1 heterocycles. The second kappa shape index (κ2) is 4.45. The molecule has 1 aromatic rings. The lowest BCUT2D eigenvalue weighted by atomic mass is 10.2. The van der Waals surface area contributed by atoms with Crippen molar-refractivity contribution in [1.82, 2.24) is 5.32 Å². The molecule has 1 aliphatic carbocycles. The van der Waals surface area contributed by atoms with Crippen LogP contribution in [0.4, 0.5) is 0 Å². The molecule has 0 unspecified atom stereocenters. The fraction of sp³-hybridized carbons (Fsp3) is 0.500. The summed E-state index contributed by atoms with van der Waals surface area (Å²) in [5, 5.41) is 3.67. The molecule has 0 saturated heterocycles. The van der Waals surface area contributed by atoms with E-state index < -0.39 is 0 Å². The smallest absolute Gasteiger partial charge is 0.261 e. The number of alkyl halides is 1. The lowest BCUT2D eigenvalue weighted by Crippen LogP contribution is -2.24. The number of thiophene rings is 1. The molecule has 0 aliphatic heterocycles. The van der Waals surface area contributed by atoms with Gasteiger partial charge in [0.05, 0.1) is 4.88 Å². The highest BCUT2D eigenvalue weighted by atomic mass is 79.9. The van der Waals surface area contributed by atoms with Crippen LogP contribution in [0.15, 0.2) is 6.07 Å². The minimum Gasteiger partial charge on any atom is -0.351 e. The van der Waals surface area contributed by atoms with Crippen molar-refractivity contribution in [2.75, 3.05) is 11.9 Å². The summed E-state index contributed by atoms with van der Waals surface area (Å²) in [5.41, 5.74) is 1.39. The van der Waals surface area contributed by atoms with Crippen LogP contribution >= 0.6 is 27.3 Å². The van der Waals surface area contributed by atoms with E-state index in [4.69, 9.17) is 0 Å². The van der Waals surface area contributed by atoms with Gasteiger partial charge in [0.1, 0.15) is 0 Å². The van der Waals surface area contributed by atoms with Gasteiger partial charge in [-0.05, 0) is 30.9 Å². The third-order valence-corrected chi connectivity index (χ3v) is 3.98. The van der Waals surface area contributed by atoms with Gasteiger partial charge >= 0.3 is 0 Å². The van der Waals surface area contributed by atoms with Crippen LogP contribution < -0.4 is 5.32 Å². The number of halogens is 1. The maximum atomic E-state index is 11.6. The molecular weight excluding hydrogens is 262 g/mol. The number of hydrogen-bond donors (Lipinski definition) is 1. The highest BCUT2D eigenvalue weighted by Gasteiger charge is 2.17. The number of carbonyl (C=O) groups excluding carboxylic acids is 1. The standard InChI is InChI=1S/C10H12BrNOS/c11-4-5-12-10(13)9-6-7-2-1-3-8(7)14-9/h6H,1-5H2,(H,12,13). The minimum absolute atomic E-state index is 0.0730. The molecule has 1 aliphatic rings. The Labute approximate surface area is 95.8 Å². The van der Waals surface area contributed by atoms with Crippen LogP contribution in [-0.2, 0) is 12.8 Å². The van der Waals surface area contributed by atoms with Crippen molar-refractivity contribution >= 4 is 33.2 Å². The van der Waals surface area contributed by atoms with Crippen LogP contribution in [0.1, 0.15) is 26.5 Å². The van der Waals surface area contributed by atoms with Crippen LogP contribution in [0, 0.1) is 0 Å².